The topological polar surface area (TPSA) is 61.4 Å². The minimum Gasteiger partial charge on any atom is -0.389 e. The van der Waals surface area contributed by atoms with Crippen molar-refractivity contribution in [3.8, 4) is 0 Å². The van der Waals surface area contributed by atoms with Gasteiger partial charge in [-0.05, 0) is 51.4 Å². The van der Waals surface area contributed by atoms with Crippen LogP contribution in [0.15, 0.2) is 0 Å². The van der Waals surface area contributed by atoms with Gasteiger partial charge in [0.25, 0.3) is 0 Å². The largest absolute Gasteiger partial charge is 0.389 e. The van der Waals surface area contributed by atoms with Crippen molar-refractivity contribution in [3.63, 3.8) is 0 Å². The van der Waals surface area contributed by atoms with Crippen LogP contribution in [0.2, 0.25) is 0 Å². The predicted molar refractivity (Wildman–Crippen MR) is 82.6 cm³/mol. The van der Waals surface area contributed by atoms with Crippen molar-refractivity contribution in [2.75, 3.05) is 13.1 Å². The van der Waals surface area contributed by atoms with Gasteiger partial charge in [0.2, 0.25) is 5.91 Å². The first-order valence-electron chi connectivity index (χ1n) is 7.82. The molecule has 1 saturated carbocycles. The lowest BCUT2D eigenvalue weighted by molar-refractivity contribution is -0.122. The molecule has 20 heavy (non-hydrogen) atoms. The van der Waals surface area contributed by atoms with E-state index >= 15 is 0 Å². The van der Waals surface area contributed by atoms with Gasteiger partial charge in [-0.1, -0.05) is 20.8 Å². The molecule has 0 radical (unpaired) electrons. The van der Waals surface area contributed by atoms with Crippen molar-refractivity contribution in [1.82, 2.24) is 10.6 Å². The molecular formula is C16H32N2O2. The molecule has 0 aromatic heterocycles. The standard InChI is InChI=1S/C16H32N2O2/c1-6-15(4,5)18-13(19)11-17-12-16(20)9-7-14(2,3)8-10-16/h17,20H,6-12H2,1-5H3,(H,18,19). The third kappa shape index (κ3) is 5.80. The van der Waals surface area contributed by atoms with Gasteiger partial charge in [-0.3, -0.25) is 4.79 Å². The summed E-state index contributed by atoms with van der Waals surface area (Å²) in [5, 5.41) is 16.6. The van der Waals surface area contributed by atoms with E-state index in [1.165, 1.54) is 0 Å². The van der Waals surface area contributed by atoms with E-state index in [0.29, 0.717) is 12.0 Å². The molecule has 1 rings (SSSR count). The van der Waals surface area contributed by atoms with E-state index in [4.69, 9.17) is 0 Å². The van der Waals surface area contributed by atoms with E-state index in [0.717, 1.165) is 32.1 Å². The molecule has 0 aliphatic heterocycles. The summed E-state index contributed by atoms with van der Waals surface area (Å²) in [5.74, 6) is -0.00316. The average molecular weight is 284 g/mol. The predicted octanol–water partition coefficient (Wildman–Crippen LogP) is 2.21. The van der Waals surface area contributed by atoms with Crippen LogP contribution in [0.3, 0.4) is 0 Å². The summed E-state index contributed by atoms with van der Waals surface area (Å²) in [6.45, 7) is 11.4. The summed E-state index contributed by atoms with van der Waals surface area (Å²) < 4.78 is 0. The van der Waals surface area contributed by atoms with Gasteiger partial charge >= 0.3 is 0 Å². The van der Waals surface area contributed by atoms with Crippen molar-refractivity contribution < 1.29 is 9.90 Å². The van der Waals surface area contributed by atoms with E-state index in [2.05, 4.69) is 31.4 Å². The van der Waals surface area contributed by atoms with E-state index in [-0.39, 0.29) is 18.0 Å². The molecule has 4 nitrogen and oxygen atoms in total. The summed E-state index contributed by atoms with van der Waals surface area (Å²) in [6.07, 6.45) is 4.61. The molecule has 0 aromatic rings. The van der Waals surface area contributed by atoms with Crippen LogP contribution < -0.4 is 10.6 Å². The normalized spacial score (nSPS) is 21.5. The Kier molecular flexibility index (Phi) is 5.61. The van der Waals surface area contributed by atoms with Gasteiger partial charge in [-0.2, -0.15) is 0 Å². The number of hydrogen-bond donors (Lipinski definition) is 3. The second kappa shape index (κ2) is 6.44. The molecule has 1 fully saturated rings. The molecule has 1 aliphatic rings. The molecule has 0 saturated heterocycles. The van der Waals surface area contributed by atoms with Crippen LogP contribution in [0.25, 0.3) is 0 Å². The first-order valence-corrected chi connectivity index (χ1v) is 7.82. The maximum atomic E-state index is 11.8. The zero-order valence-corrected chi connectivity index (χ0v) is 13.8. The molecule has 0 aromatic carbocycles. The molecule has 0 atom stereocenters. The van der Waals surface area contributed by atoms with Crippen LogP contribution in [0.5, 0.6) is 0 Å². The van der Waals surface area contributed by atoms with Gasteiger partial charge in [0.05, 0.1) is 12.1 Å². The van der Waals surface area contributed by atoms with E-state index in [1.807, 2.05) is 13.8 Å². The number of hydrogen-bond acceptors (Lipinski definition) is 3. The van der Waals surface area contributed by atoms with Gasteiger partial charge in [-0.15, -0.1) is 0 Å². The average Bonchev–Trinajstić information content (AvgIpc) is 2.33. The molecule has 1 aliphatic carbocycles. The smallest absolute Gasteiger partial charge is 0.234 e. The Morgan fingerprint density at radius 2 is 1.75 bits per heavy atom. The highest BCUT2D eigenvalue weighted by molar-refractivity contribution is 5.78. The molecule has 0 spiro atoms. The number of carbonyl (C=O) groups is 1. The van der Waals surface area contributed by atoms with Crippen LogP contribution in [0, 0.1) is 5.41 Å². The van der Waals surface area contributed by atoms with Crippen molar-refractivity contribution >= 4 is 5.91 Å². The van der Waals surface area contributed by atoms with Crippen molar-refractivity contribution in [3.05, 3.63) is 0 Å². The highest BCUT2D eigenvalue weighted by Gasteiger charge is 2.36. The number of rotatable bonds is 6. The third-order valence-electron chi connectivity index (χ3n) is 4.64. The zero-order chi connectivity index (χ0) is 15.4. The lowest BCUT2D eigenvalue weighted by Crippen LogP contribution is -2.50. The molecule has 3 N–H and O–H groups in total. The Bertz CT molecular complexity index is 327. The Morgan fingerprint density at radius 3 is 2.25 bits per heavy atom. The molecular weight excluding hydrogens is 252 g/mol. The molecule has 0 heterocycles. The molecule has 1 amide bonds. The van der Waals surface area contributed by atoms with Crippen molar-refractivity contribution in [2.24, 2.45) is 5.41 Å². The van der Waals surface area contributed by atoms with Gasteiger partial charge in [0.15, 0.2) is 0 Å². The molecule has 0 bridgehead atoms. The van der Waals surface area contributed by atoms with Gasteiger partial charge in [0, 0.05) is 12.1 Å². The zero-order valence-electron chi connectivity index (χ0n) is 13.8. The summed E-state index contributed by atoms with van der Waals surface area (Å²) in [6, 6.07) is 0. The fourth-order valence-corrected chi connectivity index (χ4v) is 2.49. The first kappa shape index (κ1) is 17.4. The van der Waals surface area contributed by atoms with E-state index in [1.54, 1.807) is 0 Å². The Balaban J connectivity index is 2.29. The SMILES string of the molecule is CCC(C)(C)NC(=O)CNCC1(O)CCC(C)(C)CC1. The number of carbonyl (C=O) groups excluding carboxylic acids is 1. The highest BCUT2D eigenvalue weighted by atomic mass is 16.3. The second-order valence-corrected chi connectivity index (χ2v) is 7.78. The quantitative estimate of drug-likeness (QED) is 0.701. The maximum Gasteiger partial charge on any atom is 0.234 e. The fourth-order valence-electron chi connectivity index (χ4n) is 2.49. The fraction of sp³-hybridized carbons (Fsp3) is 0.938. The summed E-state index contributed by atoms with van der Waals surface area (Å²) in [4.78, 5) is 11.8. The summed E-state index contributed by atoms with van der Waals surface area (Å²) in [5.41, 5.74) is -0.463. The lowest BCUT2D eigenvalue weighted by atomic mass is 9.71. The maximum absolute atomic E-state index is 11.8. The van der Waals surface area contributed by atoms with Crippen molar-refractivity contribution in [1.29, 1.82) is 0 Å². The van der Waals surface area contributed by atoms with Crippen LogP contribution in [-0.2, 0) is 4.79 Å². The van der Waals surface area contributed by atoms with E-state index < -0.39 is 5.60 Å². The monoisotopic (exact) mass is 284 g/mol. The van der Waals surface area contributed by atoms with Gasteiger partial charge in [0.1, 0.15) is 0 Å². The Labute approximate surface area is 123 Å². The third-order valence-corrected chi connectivity index (χ3v) is 4.64. The van der Waals surface area contributed by atoms with Crippen LogP contribution >= 0.6 is 0 Å². The van der Waals surface area contributed by atoms with Crippen molar-refractivity contribution in [2.45, 2.75) is 77.9 Å². The van der Waals surface area contributed by atoms with Gasteiger partial charge in [-0.25, -0.2) is 0 Å². The number of amides is 1. The summed E-state index contributed by atoms with van der Waals surface area (Å²) >= 11 is 0. The van der Waals surface area contributed by atoms with E-state index in [9.17, 15) is 9.90 Å². The van der Waals surface area contributed by atoms with Gasteiger partial charge < -0.3 is 15.7 Å². The Morgan fingerprint density at radius 1 is 1.20 bits per heavy atom. The second-order valence-electron chi connectivity index (χ2n) is 7.78. The summed E-state index contributed by atoms with van der Waals surface area (Å²) in [7, 11) is 0. The number of aliphatic hydroxyl groups is 1. The lowest BCUT2D eigenvalue weighted by Gasteiger charge is -2.40. The van der Waals surface area contributed by atoms with Crippen LogP contribution in [-0.4, -0.2) is 35.2 Å². The molecule has 0 unspecified atom stereocenters. The first-order chi connectivity index (χ1) is 9.08. The highest BCUT2D eigenvalue weighted by Crippen LogP contribution is 2.39. The number of nitrogens with one attached hydrogen (secondary N) is 2. The Hall–Kier alpha value is -0.610. The molecule has 4 heteroatoms. The molecule has 118 valence electrons. The van der Waals surface area contributed by atoms with Crippen LogP contribution in [0.1, 0.15) is 66.7 Å². The minimum absolute atomic E-state index is 0.00316. The minimum atomic E-state index is -0.643. The van der Waals surface area contributed by atoms with Crippen LogP contribution in [0.4, 0.5) is 0 Å².